The molecule has 0 spiro atoms. The molecule has 0 rings (SSSR count). The van der Waals surface area contributed by atoms with E-state index in [1.54, 1.807) is 0 Å². The zero-order valence-electron chi connectivity index (χ0n) is 30.8. The number of hydrogen-bond acceptors (Lipinski definition) is 6. The molecule has 0 atom stereocenters. The summed E-state index contributed by atoms with van der Waals surface area (Å²) in [6, 6.07) is 0. The number of unbranched alkanes of at least 4 members (excludes halogenated alkanes) is 15. The van der Waals surface area contributed by atoms with E-state index in [4.69, 9.17) is 14.2 Å². The predicted molar refractivity (Wildman–Crippen MR) is 196 cm³/mol. The van der Waals surface area contributed by atoms with Gasteiger partial charge < -0.3 is 24.2 Å². The van der Waals surface area contributed by atoms with E-state index >= 15 is 0 Å². The fraction of sp³-hybridized carbons (Fsp3) is 0.875. The molecule has 0 amide bonds. The highest BCUT2D eigenvalue weighted by molar-refractivity contribution is 5.69. The number of carbonyl (C=O) groups excluding carboxylic acids is 1. The molecule has 0 aromatic carbocycles. The van der Waals surface area contributed by atoms with Gasteiger partial charge in [-0.3, -0.25) is 4.79 Å². The molecule has 0 unspecified atom stereocenters. The summed E-state index contributed by atoms with van der Waals surface area (Å²) in [6.07, 6.45) is 35.8. The van der Waals surface area contributed by atoms with Crippen LogP contribution in [0.15, 0.2) is 24.3 Å². The number of aliphatic hydroxyl groups is 1. The third-order valence-electron chi connectivity index (χ3n) is 8.37. The number of nitrogens with zero attached hydrogens (tertiary/aromatic N) is 1. The zero-order chi connectivity index (χ0) is 33.6. The lowest BCUT2D eigenvalue weighted by Crippen LogP contribution is -2.29. The van der Waals surface area contributed by atoms with Crippen molar-refractivity contribution in [2.45, 2.75) is 181 Å². The zero-order valence-corrected chi connectivity index (χ0v) is 30.8. The monoisotopic (exact) mass is 652 g/mol. The van der Waals surface area contributed by atoms with Crippen LogP contribution in [0.2, 0.25) is 0 Å². The van der Waals surface area contributed by atoms with Gasteiger partial charge in [-0.25, -0.2) is 0 Å². The van der Waals surface area contributed by atoms with Crippen molar-refractivity contribution in [3.05, 3.63) is 24.3 Å². The van der Waals surface area contributed by atoms with Crippen molar-refractivity contribution in [3.8, 4) is 0 Å². The van der Waals surface area contributed by atoms with Crippen molar-refractivity contribution in [3.63, 3.8) is 0 Å². The lowest BCUT2D eigenvalue weighted by atomic mass is 10.1. The van der Waals surface area contributed by atoms with Gasteiger partial charge in [0.25, 0.3) is 0 Å². The molecule has 0 aliphatic heterocycles. The number of esters is 1. The molecule has 6 nitrogen and oxygen atoms in total. The highest BCUT2D eigenvalue weighted by atomic mass is 16.7. The molecule has 0 fully saturated rings. The number of ether oxygens (including phenoxy) is 3. The normalized spacial score (nSPS) is 12.0. The average molecular weight is 652 g/mol. The molecule has 0 radical (unpaired) electrons. The van der Waals surface area contributed by atoms with Crippen LogP contribution in [0.5, 0.6) is 0 Å². The van der Waals surface area contributed by atoms with E-state index < -0.39 is 0 Å². The van der Waals surface area contributed by atoms with Gasteiger partial charge in [-0.05, 0) is 77.3 Å². The third kappa shape index (κ3) is 34.1. The summed E-state index contributed by atoms with van der Waals surface area (Å²) in [5.74, 6) is -0.0267. The number of allylic oxidation sites excluding steroid dienone is 2. The maximum atomic E-state index is 12.0. The summed E-state index contributed by atoms with van der Waals surface area (Å²) in [7, 11) is 0. The van der Waals surface area contributed by atoms with E-state index in [2.05, 4.69) is 50.0 Å². The molecule has 0 bridgehead atoms. The molecule has 0 aromatic rings. The van der Waals surface area contributed by atoms with E-state index in [0.717, 1.165) is 110 Å². The molecule has 0 aromatic heterocycles. The van der Waals surface area contributed by atoms with Crippen molar-refractivity contribution in [1.29, 1.82) is 0 Å². The maximum absolute atomic E-state index is 12.0. The van der Waals surface area contributed by atoms with Crippen molar-refractivity contribution in [1.82, 2.24) is 4.90 Å². The highest BCUT2D eigenvalue weighted by Gasteiger charge is 2.10. The van der Waals surface area contributed by atoms with Crippen molar-refractivity contribution in [2.24, 2.45) is 0 Å². The third-order valence-corrected chi connectivity index (χ3v) is 8.37. The van der Waals surface area contributed by atoms with Gasteiger partial charge in [0.05, 0.1) is 26.4 Å². The van der Waals surface area contributed by atoms with Crippen LogP contribution in [0.3, 0.4) is 0 Å². The van der Waals surface area contributed by atoms with Gasteiger partial charge in [0.1, 0.15) is 0 Å². The second-order valence-corrected chi connectivity index (χ2v) is 12.9. The standard InChI is InChI=1S/C40H77NO5/c1-4-7-10-13-14-22-27-36-44-39(43)30-23-16-15-18-25-32-41(34-35-42)33-26-19-17-24-31-40(45-37-28-20-11-8-5-2)46-38-29-21-12-9-6-3/h11-12,20-21,40,42H,4-10,13-19,22-38H2,1-3H3/b20-11-,21-12-. The van der Waals surface area contributed by atoms with Crippen LogP contribution in [0, 0.1) is 0 Å². The highest BCUT2D eigenvalue weighted by Crippen LogP contribution is 2.13. The lowest BCUT2D eigenvalue weighted by molar-refractivity contribution is -0.145. The van der Waals surface area contributed by atoms with E-state index in [0.29, 0.717) is 13.0 Å². The minimum absolute atomic E-state index is 0.0267. The van der Waals surface area contributed by atoms with Crippen molar-refractivity contribution < 1.29 is 24.1 Å². The fourth-order valence-corrected chi connectivity index (χ4v) is 5.48. The summed E-state index contributed by atoms with van der Waals surface area (Å²) >= 11 is 0. The first-order chi connectivity index (χ1) is 22.7. The summed E-state index contributed by atoms with van der Waals surface area (Å²) < 4.78 is 17.6. The first-order valence-electron chi connectivity index (χ1n) is 19.7. The predicted octanol–water partition coefficient (Wildman–Crippen LogP) is 10.7. The van der Waals surface area contributed by atoms with Crippen molar-refractivity contribution in [2.75, 3.05) is 46.1 Å². The van der Waals surface area contributed by atoms with Gasteiger partial charge in [-0.2, -0.15) is 0 Å². The lowest BCUT2D eigenvalue weighted by Gasteiger charge is -2.21. The van der Waals surface area contributed by atoms with Crippen LogP contribution in [0.4, 0.5) is 0 Å². The molecule has 0 saturated heterocycles. The summed E-state index contributed by atoms with van der Waals surface area (Å²) in [5.41, 5.74) is 0. The molecule has 46 heavy (non-hydrogen) atoms. The van der Waals surface area contributed by atoms with Gasteiger partial charge >= 0.3 is 5.97 Å². The summed E-state index contributed by atoms with van der Waals surface area (Å²) in [4.78, 5) is 14.4. The number of rotatable bonds is 37. The first-order valence-corrected chi connectivity index (χ1v) is 19.7. The molecule has 0 saturated carbocycles. The Bertz CT molecular complexity index is 646. The Morgan fingerprint density at radius 2 is 1.07 bits per heavy atom. The molecular weight excluding hydrogens is 574 g/mol. The smallest absolute Gasteiger partial charge is 0.305 e. The van der Waals surface area contributed by atoms with Gasteiger partial charge in [-0.15, -0.1) is 0 Å². The Morgan fingerprint density at radius 1 is 0.565 bits per heavy atom. The van der Waals surface area contributed by atoms with Crippen LogP contribution in [-0.4, -0.2) is 68.3 Å². The Kier molecular flexibility index (Phi) is 37.2. The molecule has 0 aliphatic carbocycles. The Hall–Kier alpha value is -1.21. The molecule has 0 aliphatic rings. The minimum Gasteiger partial charge on any atom is -0.466 e. The quantitative estimate of drug-likeness (QED) is 0.0312. The van der Waals surface area contributed by atoms with Gasteiger partial charge in [0, 0.05) is 13.0 Å². The molecule has 1 N–H and O–H groups in total. The Morgan fingerprint density at radius 3 is 1.63 bits per heavy atom. The van der Waals surface area contributed by atoms with Crippen LogP contribution >= 0.6 is 0 Å². The second-order valence-electron chi connectivity index (χ2n) is 12.9. The first kappa shape index (κ1) is 44.8. The molecule has 0 heterocycles. The van der Waals surface area contributed by atoms with Crippen LogP contribution in [0.1, 0.15) is 175 Å². The van der Waals surface area contributed by atoms with Crippen LogP contribution in [0.25, 0.3) is 0 Å². The fourth-order valence-electron chi connectivity index (χ4n) is 5.48. The molecular formula is C40H77NO5. The van der Waals surface area contributed by atoms with Gasteiger partial charge in [0.15, 0.2) is 6.29 Å². The Balaban J connectivity index is 3.96. The largest absolute Gasteiger partial charge is 0.466 e. The van der Waals surface area contributed by atoms with E-state index in [1.165, 1.54) is 70.6 Å². The van der Waals surface area contributed by atoms with Gasteiger partial charge in [0.2, 0.25) is 0 Å². The number of carbonyl (C=O) groups is 1. The van der Waals surface area contributed by atoms with E-state index in [9.17, 15) is 9.90 Å². The minimum atomic E-state index is -0.106. The maximum Gasteiger partial charge on any atom is 0.305 e. The molecule has 6 heteroatoms. The SMILES string of the molecule is CCC/C=C\CCOC(CCCCCCN(CCO)CCCCCCCC(=O)OCCCCCCCCC)OCC/C=C\CCC. The molecule has 272 valence electrons. The summed E-state index contributed by atoms with van der Waals surface area (Å²) in [5, 5.41) is 9.54. The van der Waals surface area contributed by atoms with Gasteiger partial charge in [-0.1, -0.05) is 129 Å². The number of aliphatic hydroxyl groups excluding tert-OH is 1. The number of hydrogen-bond donors (Lipinski definition) is 1. The van der Waals surface area contributed by atoms with Crippen molar-refractivity contribution >= 4 is 5.97 Å². The van der Waals surface area contributed by atoms with Crippen LogP contribution < -0.4 is 0 Å². The van der Waals surface area contributed by atoms with Crippen LogP contribution in [-0.2, 0) is 19.0 Å². The second kappa shape index (κ2) is 38.2. The Labute approximate surface area is 286 Å². The average Bonchev–Trinajstić information content (AvgIpc) is 3.06. The van der Waals surface area contributed by atoms with E-state index in [1.807, 2.05) is 0 Å². The summed E-state index contributed by atoms with van der Waals surface area (Å²) in [6.45, 7) is 11.8. The topological polar surface area (TPSA) is 68.2 Å². The van der Waals surface area contributed by atoms with E-state index in [-0.39, 0.29) is 18.9 Å².